The number of halogens is 3. The molecule has 0 bridgehead atoms. The molecule has 0 aromatic rings. The Balaban J connectivity index is 1.13. The zero-order valence-corrected chi connectivity index (χ0v) is 23.6. The number of fused-ring (bicyclic) bond motifs is 1. The molecule has 38 heavy (non-hydrogen) atoms. The SMILES string of the molecule is CC1C(CN2CCC3(CC2)CCN(CC2=C(N(C)CN)SC(CC(F)(F)F)C2)C3)=CCC2NC(C#N)CC21. The Labute approximate surface area is 229 Å². The van der Waals surface area contributed by atoms with E-state index >= 15 is 0 Å². The highest BCUT2D eigenvalue weighted by atomic mass is 32.2. The fourth-order valence-corrected chi connectivity index (χ4v) is 9.04. The second-order valence-electron chi connectivity index (χ2n) is 12.4. The first-order valence-electron chi connectivity index (χ1n) is 14.2. The topological polar surface area (TPSA) is 71.6 Å². The molecule has 212 valence electrons. The molecule has 4 heterocycles. The first-order valence-corrected chi connectivity index (χ1v) is 15.1. The minimum atomic E-state index is -4.13. The van der Waals surface area contributed by atoms with Crippen LogP contribution in [0.4, 0.5) is 13.2 Å². The number of nitrogens with two attached hydrogens (primary N) is 1. The number of rotatable bonds is 7. The van der Waals surface area contributed by atoms with Gasteiger partial charge in [-0.2, -0.15) is 18.4 Å². The van der Waals surface area contributed by atoms with Gasteiger partial charge in [0.15, 0.2) is 0 Å². The third-order valence-electron chi connectivity index (χ3n) is 9.85. The monoisotopic (exact) mass is 552 g/mol. The van der Waals surface area contributed by atoms with Crippen LogP contribution < -0.4 is 11.1 Å². The fraction of sp³-hybridized carbons (Fsp3) is 0.821. The summed E-state index contributed by atoms with van der Waals surface area (Å²) >= 11 is 1.36. The van der Waals surface area contributed by atoms with Gasteiger partial charge in [0.1, 0.15) is 0 Å². The van der Waals surface area contributed by atoms with Gasteiger partial charge in [-0.05, 0) is 81.0 Å². The molecule has 0 saturated carbocycles. The lowest BCUT2D eigenvalue weighted by Crippen LogP contribution is -2.44. The van der Waals surface area contributed by atoms with E-state index in [9.17, 15) is 18.4 Å². The van der Waals surface area contributed by atoms with E-state index in [0.717, 1.165) is 62.7 Å². The highest BCUT2D eigenvalue weighted by Crippen LogP contribution is 2.46. The third kappa shape index (κ3) is 6.22. The van der Waals surface area contributed by atoms with Crippen molar-refractivity contribution in [3.05, 3.63) is 22.3 Å². The molecule has 3 fully saturated rings. The summed E-state index contributed by atoms with van der Waals surface area (Å²) in [6.45, 7) is 8.75. The molecule has 0 radical (unpaired) electrons. The van der Waals surface area contributed by atoms with Gasteiger partial charge in [-0.25, -0.2) is 0 Å². The zero-order chi connectivity index (χ0) is 27.1. The molecule has 5 aliphatic rings. The van der Waals surface area contributed by atoms with Gasteiger partial charge in [-0.1, -0.05) is 18.6 Å². The van der Waals surface area contributed by atoms with Crippen LogP contribution in [0.1, 0.15) is 51.9 Å². The lowest BCUT2D eigenvalue weighted by Gasteiger charge is -2.41. The molecule has 10 heteroatoms. The van der Waals surface area contributed by atoms with Crippen molar-refractivity contribution in [2.75, 3.05) is 53.0 Å². The normalized spacial score (nSPS) is 34.0. The predicted octanol–water partition coefficient (Wildman–Crippen LogP) is 4.13. The summed E-state index contributed by atoms with van der Waals surface area (Å²) in [5.41, 5.74) is 8.86. The number of likely N-dealkylation sites (tertiary alicyclic amines) is 2. The Morgan fingerprint density at radius 3 is 2.58 bits per heavy atom. The molecule has 3 saturated heterocycles. The summed E-state index contributed by atoms with van der Waals surface area (Å²) < 4.78 is 39.2. The quantitative estimate of drug-likeness (QED) is 0.364. The van der Waals surface area contributed by atoms with Crippen molar-refractivity contribution >= 4 is 11.8 Å². The van der Waals surface area contributed by atoms with E-state index in [1.165, 1.54) is 31.0 Å². The van der Waals surface area contributed by atoms with E-state index in [1.807, 2.05) is 11.9 Å². The summed E-state index contributed by atoms with van der Waals surface area (Å²) in [4.78, 5) is 7.01. The van der Waals surface area contributed by atoms with Crippen LogP contribution in [-0.2, 0) is 0 Å². The van der Waals surface area contributed by atoms with E-state index in [1.54, 1.807) is 5.57 Å². The minimum Gasteiger partial charge on any atom is -0.357 e. The van der Waals surface area contributed by atoms with Crippen LogP contribution in [0.3, 0.4) is 0 Å². The van der Waals surface area contributed by atoms with Crippen LogP contribution in [0.25, 0.3) is 0 Å². The Hall–Kier alpha value is -1.25. The molecule has 0 aromatic carbocycles. The zero-order valence-electron chi connectivity index (χ0n) is 22.8. The highest BCUT2D eigenvalue weighted by molar-refractivity contribution is 8.03. The second-order valence-corrected chi connectivity index (χ2v) is 13.7. The smallest absolute Gasteiger partial charge is 0.357 e. The number of piperidine rings is 1. The second kappa shape index (κ2) is 11.3. The number of alkyl halides is 3. The van der Waals surface area contributed by atoms with Gasteiger partial charge in [0.05, 0.1) is 30.2 Å². The van der Waals surface area contributed by atoms with E-state index in [4.69, 9.17) is 5.73 Å². The average Bonchev–Trinajstić information content (AvgIpc) is 3.58. The van der Waals surface area contributed by atoms with Crippen molar-refractivity contribution < 1.29 is 13.2 Å². The lowest BCUT2D eigenvalue weighted by molar-refractivity contribution is -0.134. The first kappa shape index (κ1) is 28.3. The van der Waals surface area contributed by atoms with Gasteiger partial charge in [0.2, 0.25) is 0 Å². The maximum atomic E-state index is 13.1. The van der Waals surface area contributed by atoms with Gasteiger partial charge >= 0.3 is 6.18 Å². The Kier molecular flexibility index (Phi) is 8.43. The van der Waals surface area contributed by atoms with E-state index < -0.39 is 17.8 Å². The maximum Gasteiger partial charge on any atom is 0.390 e. The van der Waals surface area contributed by atoms with Crippen molar-refractivity contribution in [2.24, 2.45) is 23.0 Å². The van der Waals surface area contributed by atoms with Gasteiger partial charge in [0.25, 0.3) is 0 Å². The average molecular weight is 553 g/mol. The first-order chi connectivity index (χ1) is 18.1. The van der Waals surface area contributed by atoms with Crippen LogP contribution in [0.15, 0.2) is 22.3 Å². The fourth-order valence-electron chi connectivity index (χ4n) is 7.60. The van der Waals surface area contributed by atoms with E-state index in [0.29, 0.717) is 36.4 Å². The third-order valence-corrected chi connectivity index (χ3v) is 11.3. The van der Waals surface area contributed by atoms with Crippen LogP contribution in [0, 0.1) is 28.6 Å². The van der Waals surface area contributed by atoms with Crippen molar-refractivity contribution in [3.8, 4) is 6.07 Å². The molecular formula is C28H43F3N6S. The van der Waals surface area contributed by atoms with Crippen molar-refractivity contribution in [1.82, 2.24) is 20.0 Å². The molecule has 0 aromatic heterocycles. The molecular weight excluding hydrogens is 509 g/mol. The number of nitriles is 1. The number of nitrogens with zero attached hydrogens (tertiary/aromatic N) is 4. The van der Waals surface area contributed by atoms with E-state index in [2.05, 4.69) is 34.2 Å². The molecule has 5 atom stereocenters. The van der Waals surface area contributed by atoms with Gasteiger partial charge in [-0.15, -0.1) is 11.8 Å². The van der Waals surface area contributed by atoms with E-state index in [-0.39, 0.29) is 6.04 Å². The standard InChI is InChI=1S/C28H43F3N6S/c1-19-20(3-4-25-24(19)12-22(14-32)34-25)15-36-8-5-27(6-9-36)7-10-37(17-27)16-21-11-23(13-28(29,30)31)38-26(21)35(2)18-33/h3,19,22-25,34H,4-13,15-18,33H2,1-2H3. The summed E-state index contributed by atoms with van der Waals surface area (Å²) in [5, 5.41) is 13.3. The number of nitrogens with one attached hydrogen (secondary N) is 1. The largest absolute Gasteiger partial charge is 0.390 e. The number of hydrogen-bond acceptors (Lipinski definition) is 7. The summed E-state index contributed by atoms with van der Waals surface area (Å²) in [6, 6.07) is 2.86. The summed E-state index contributed by atoms with van der Waals surface area (Å²) in [6.07, 6.45) is 3.61. The molecule has 6 nitrogen and oxygen atoms in total. The molecule has 5 unspecified atom stereocenters. The number of hydrogen-bond donors (Lipinski definition) is 2. The molecule has 1 aliphatic carbocycles. The van der Waals surface area contributed by atoms with Crippen LogP contribution in [0.5, 0.6) is 0 Å². The minimum absolute atomic E-state index is 0.00116. The van der Waals surface area contributed by atoms with Gasteiger partial charge in [0, 0.05) is 38.0 Å². The molecule has 5 rings (SSSR count). The summed E-state index contributed by atoms with van der Waals surface area (Å²) in [5.74, 6) is 1.10. The lowest BCUT2D eigenvalue weighted by atomic mass is 9.75. The Morgan fingerprint density at radius 1 is 1.21 bits per heavy atom. The van der Waals surface area contributed by atoms with Crippen LogP contribution in [0.2, 0.25) is 0 Å². The Morgan fingerprint density at radius 2 is 1.92 bits per heavy atom. The van der Waals surface area contributed by atoms with Crippen LogP contribution >= 0.6 is 11.8 Å². The summed E-state index contributed by atoms with van der Waals surface area (Å²) in [7, 11) is 1.88. The highest BCUT2D eigenvalue weighted by Gasteiger charge is 2.44. The molecule has 4 aliphatic heterocycles. The molecule has 3 N–H and O–H groups in total. The molecule has 1 spiro atoms. The van der Waals surface area contributed by atoms with Crippen molar-refractivity contribution in [2.45, 2.75) is 75.4 Å². The molecule has 0 amide bonds. The predicted molar refractivity (Wildman–Crippen MR) is 146 cm³/mol. The number of thioether (sulfide) groups is 1. The van der Waals surface area contributed by atoms with Crippen LogP contribution in [-0.4, -0.2) is 91.2 Å². The van der Waals surface area contributed by atoms with Gasteiger partial charge in [-0.3, -0.25) is 15.1 Å². The van der Waals surface area contributed by atoms with Crippen molar-refractivity contribution in [3.63, 3.8) is 0 Å². The van der Waals surface area contributed by atoms with Gasteiger partial charge < -0.3 is 10.6 Å². The Bertz CT molecular complexity index is 967. The van der Waals surface area contributed by atoms with Crippen molar-refractivity contribution in [1.29, 1.82) is 5.26 Å². The maximum absolute atomic E-state index is 13.1.